The fraction of sp³-hybridized carbons (Fsp3) is 0.333. The quantitative estimate of drug-likeness (QED) is 0.633. The highest BCUT2D eigenvalue weighted by atomic mass is 32.2. The first-order chi connectivity index (χ1) is 12.7. The molecule has 1 aliphatic heterocycles. The number of sulfonamides is 1. The summed E-state index contributed by atoms with van der Waals surface area (Å²) < 4.78 is 23.0. The number of hydrogen-bond donors (Lipinski definition) is 1. The largest absolute Gasteiger partial charge is 0.365 e. The van der Waals surface area contributed by atoms with Gasteiger partial charge in [-0.05, 0) is 43.7 Å². The van der Waals surface area contributed by atoms with E-state index in [1.165, 1.54) is 17.7 Å². The molecule has 2 aromatic carbocycles. The molecule has 1 heterocycles. The highest BCUT2D eigenvalue weighted by molar-refractivity contribution is 7.89. The molecule has 0 saturated carbocycles. The lowest BCUT2D eigenvalue weighted by Gasteiger charge is -2.42. The van der Waals surface area contributed by atoms with Crippen LogP contribution in [0.1, 0.15) is 12.5 Å². The van der Waals surface area contributed by atoms with Crippen LogP contribution in [0.3, 0.4) is 0 Å². The second-order valence-electron chi connectivity index (χ2n) is 6.78. The number of hydrogen-bond acceptors (Lipinski definition) is 6. The van der Waals surface area contributed by atoms with Crippen molar-refractivity contribution in [2.45, 2.75) is 24.8 Å². The first kappa shape index (κ1) is 19.1. The number of nitro groups is 1. The fourth-order valence-electron chi connectivity index (χ4n) is 3.46. The van der Waals surface area contributed by atoms with Crippen LogP contribution in [0.2, 0.25) is 0 Å². The molecule has 0 amide bonds. The Labute approximate surface area is 158 Å². The molecule has 1 atom stereocenters. The number of aryl methyl sites for hydroxylation is 1. The van der Waals surface area contributed by atoms with Crippen molar-refractivity contribution in [3.8, 4) is 0 Å². The molecule has 0 bridgehead atoms. The first-order valence-electron chi connectivity index (χ1n) is 8.56. The van der Waals surface area contributed by atoms with Gasteiger partial charge in [0.05, 0.1) is 9.82 Å². The second kappa shape index (κ2) is 7.16. The Kier molecular flexibility index (Phi) is 5.07. The predicted molar refractivity (Wildman–Crippen MR) is 105 cm³/mol. The Balaban J connectivity index is 1.88. The van der Waals surface area contributed by atoms with Crippen molar-refractivity contribution in [3.63, 3.8) is 0 Å². The smallest absolute Gasteiger partial charge is 0.293 e. The molecular formula is C18H22N4O4S. The highest BCUT2D eigenvalue weighted by Crippen LogP contribution is 2.33. The van der Waals surface area contributed by atoms with Gasteiger partial charge in [-0.15, -0.1) is 0 Å². The standard InChI is InChI=1S/C18H22N4O4S/c1-13-4-3-5-15(10-13)21-9-8-20(12-14(21)2)17-7-6-16(27(19,25)26)11-18(17)22(23)24/h3-7,10-11,14H,8-9,12H2,1-2H3,(H2,19,25,26). The molecule has 0 aromatic heterocycles. The third kappa shape index (κ3) is 4.04. The molecular weight excluding hydrogens is 368 g/mol. The van der Waals surface area contributed by atoms with Crippen LogP contribution >= 0.6 is 0 Å². The fourth-order valence-corrected chi connectivity index (χ4v) is 3.99. The van der Waals surface area contributed by atoms with Crippen molar-refractivity contribution in [2.75, 3.05) is 29.4 Å². The molecule has 1 aliphatic rings. The van der Waals surface area contributed by atoms with E-state index in [-0.39, 0.29) is 16.6 Å². The van der Waals surface area contributed by atoms with Gasteiger partial charge in [-0.25, -0.2) is 13.6 Å². The van der Waals surface area contributed by atoms with Gasteiger partial charge in [-0.2, -0.15) is 0 Å². The van der Waals surface area contributed by atoms with Crippen LogP contribution in [-0.2, 0) is 10.0 Å². The van der Waals surface area contributed by atoms with Gasteiger partial charge < -0.3 is 9.80 Å². The van der Waals surface area contributed by atoms with E-state index in [0.717, 1.165) is 11.8 Å². The molecule has 0 aliphatic carbocycles. The summed E-state index contributed by atoms with van der Waals surface area (Å²) in [4.78, 5) is 14.8. The minimum Gasteiger partial charge on any atom is -0.365 e. The summed E-state index contributed by atoms with van der Waals surface area (Å²) in [6.07, 6.45) is 0. The number of nitro benzene ring substituents is 1. The summed E-state index contributed by atoms with van der Waals surface area (Å²) in [5, 5.41) is 16.6. The van der Waals surface area contributed by atoms with Crippen LogP contribution < -0.4 is 14.9 Å². The van der Waals surface area contributed by atoms with Crippen molar-refractivity contribution >= 4 is 27.1 Å². The van der Waals surface area contributed by atoms with Crippen LogP contribution in [-0.4, -0.2) is 39.0 Å². The van der Waals surface area contributed by atoms with Crippen LogP contribution in [0.25, 0.3) is 0 Å². The first-order valence-corrected chi connectivity index (χ1v) is 10.1. The molecule has 1 fully saturated rings. The maximum atomic E-state index is 11.5. The molecule has 1 saturated heterocycles. The molecule has 0 radical (unpaired) electrons. The van der Waals surface area contributed by atoms with Crippen LogP contribution in [0, 0.1) is 17.0 Å². The van der Waals surface area contributed by atoms with Crippen molar-refractivity contribution in [1.82, 2.24) is 0 Å². The van der Waals surface area contributed by atoms with Gasteiger partial charge in [0.15, 0.2) is 0 Å². The molecule has 2 N–H and O–H groups in total. The lowest BCUT2D eigenvalue weighted by Crippen LogP contribution is -2.52. The van der Waals surface area contributed by atoms with Crippen molar-refractivity contribution in [3.05, 3.63) is 58.1 Å². The minimum absolute atomic E-state index is 0.137. The highest BCUT2D eigenvalue weighted by Gasteiger charge is 2.29. The molecule has 2 aromatic rings. The molecule has 9 heteroatoms. The van der Waals surface area contributed by atoms with Gasteiger partial charge >= 0.3 is 0 Å². The Bertz CT molecular complexity index is 977. The van der Waals surface area contributed by atoms with Crippen molar-refractivity contribution in [2.24, 2.45) is 5.14 Å². The van der Waals surface area contributed by atoms with E-state index >= 15 is 0 Å². The number of anilines is 2. The van der Waals surface area contributed by atoms with E-state index in [2.05, 4.69) is 24.0 Å². The van der Waals surface area contributed by atoms with E-state index in [1.807, 2.05) is 24.0 Å². The number of benzene rings is 2. The molecule has 1 unspecified atom stereocenters. The molecule has 3 rings (SSSR count). The van der Waals surface area contributed by atoms with Gasteiger partial charge in [0.25, 0.3) is 5.69 Å². The zero-order chi connectivity index (χ0) is 19.8. The van der Waals surface area contributed by atoms with Gasteiger partial charge in [0.2, 0.25) is 10.0 Å². The van der Waals surface area contributed by atoms with Crippen LogP contribution in [0.5, 0.6) is 0 Å². The maximum absolute atomic E-state index is 11.5. The SMILES string of the molecule is Cc1cccc(N2CCN(c3ccc(S(N)(=O)=O)cc3[N+](=O)[O-])CC2C)c1. The monoisotopic (exact) mass is 390 g/mol. The zero-order valence-electron chi connectivity index (χ0n) is 15.2. The lowest BCUT2D eigenvalue weighted by molar-refractivity contribution is -0.384. The van der Waals surface area contributed by atoms with Gasteiger partial charge in [-0.3, -0.25) is 10.1 Å². The van der Waals surface area contributed by atoms with Gasteiger partial charge in [0.1, 0.15) is 5.69 Å². The van der Waals surface area contributed by atoms with E-state index in [0.29, 0.717) is 25.3 Å². The van der Waals surface area contributed by atoms with Crippen LogP contribution in [0.15, 0.2) is 47.4 Å². The van der Waals surface area contributed by atoms with Crippen molar-refractivity contribution < 1.29 is 13.3 Å². The Morgan fingerprint density at radius 2 is 1.93 bits per heavy atom. The Morgan fingerprint density at radius 3 is 2.52 bits per heavy atom. The number of nitrogens with two attached hydrogens (primary N) is 1. The molecule has 144 valence electrons. The normalized spacial score (nSPS) is 17.8. The van der Waals surface area contributed by atoms with Crippen molar-refractivity contribution in [1.29, 1.82) is 0 Å². The average molecular weight is 390 g/mol. The van der Waals surface area contributed by atoms with Gasteiger partial charge in [-0.1, -0.05) is 12.1 Å². The van der Waals surface area contributed by atoms with E-state index in [4.69, 9.17) is 5.14 Å². The third-order valence-corrected chi connectivity index (χ3v) is 5.68. The Hall–Kier alpha value is -2.65. The summed E-state index contributed by atoms with van der Waals surface area (Å²) in [6, 6.07) is 12.2. The van der Waals surface area contributed by atoms with Crippen LogP contribution in [0.4, 0.5) is 17.1 Å². The summed E-state index contributed by atoms with van der Waals surface area (Å²) in [5.74, 6) is 0. The number of nitrogens with zero attached hydrogens (tertiary/aromatic N) is 3. The topological polar surface area (TPSA) is 110 Å². The average Bonchev–Trinajstić information content (AvgIpc) is 2.60. The third-order valence-electron chi connectivity index (χ3n) is 4.77. The molecule has 0 spiro atoms. The number of primary sulfonamides is 1. The minimum atomic E-state index is -4.00. The Morgan fingerprint density at radius 1 is 1.19 bits per heavy atom. The molecule has 27 heavy (non-hydrogen) atoms. The van der Waals surface area contributed by atoms with Gasteiger partial charge in [0, 0.05) is 37.4 Å². The number of piperazine rings is 1. The lowest BCUT2D eigenvalue weighted by atomic mass is 10.1. The number of rotatable bonds is 4. The summed E-state index contributed by atoms with van der Waals surface area (Å²) in [6.45, 7) is 6.00. The summed E-state index contributed by atoms with van der Waals surface area (Å²) in [7, 11) is -4.00. The summed E-state index contributed by atoms with van der Waals surface area (Å²) >= 11 is 0. The summed E-state index contributed by atoms with van der Waals surface area (Å²) in [5.41, 5.74) is 2.46. The predicted octanol–water partition coefficient (Wildman–Crippen LogP) is 2.27. The maximum Gasteiger partial charge on any atom is 0.293 e. The zero-order valence-corrected chi connectivity index (χ0v) is 16.0. The van der Waals surface area contributed by atoms with E-state index < -0.39 is 14.9 Å². The molecule has 8 nitrogen and oxygen atoms in total. The van der Waals surface area contributed by atoms with E-state index in [9.17, 15) is 18.5 Å². The second-order valence-corrected chi connectivity index (χ2v) is 8.34. The van der Waals surface area contributed by atoms with E-state index in [1.54, 1.807) is 0 Å².